The summed E-state index contributed by atoms with van der Waals surface area (Å²) in [5.74, 6) is 0.618. The van der Waals surface area contributed by atoms with Gasteiger partial charge in [-0.3, -0.25) is 0 Å². The van der Waals surface area contributed by atoms with Crippen LogP contribution in [0.25, 0.3) is 0 Å². The molecule has 0 radical (unpaired) electrons. The zero-order chi connectivity index (χ0) is 26.5. The van der Waals surface area contributed by atoms with Crippen LogP contribution in [-0.2, 0) is 10.0 Å². The minimum absolute atomic E-state index is 0.0778. The maximum absolute atomic E-state index is 12.9. The van der Waals surface area contributed by atoms with Crippen molar-refractivity contribution in [1.82, 2.24) is 4.72 Å². The second kappa shape index (κ2) is 20.6. The Morgan fingerprint density at radius 1 is 0.639 bits per heavy atom. The van der Waals surface area contributed by atoms with E-state index in [9.17, 15) is 8.42 Å². The van der Waals surface area contributed by atoms with Gasteiger partial charge in [0, 0.05) is 18.7 Å². The Hall–Kier alpha value is -1.47. The molecule has 0 saturated carbocycles. The monoisotopic (exact) mass is 526 g/mol. The number of ether oxygens (including phenoxy) is 2. The highest BCUT2D eigenvalue weighted by Crippen LogP contribution is 2.34. The highest BCUT2D eigenvalue weighted by Gasteiger charge is 2.22. The number of sulfonamides is 1. The Labute approximate surface area is 222 Å². The van der Waals surface area contributed by atoms with Gasteiger partial charge in [-0.05, 0) is 20.3 Å². The molecule has 0 heterocycles. The lowest BCUT2D eigenvalue weighted by Crippen LogP contribution is -2.25. The molecular formula is C29H54N2O4S. The molecule has 0 bridgehead atoms. The van der Waals surface area contributed by atoms with Crippen LogP contribution in [0.1, 0.15) is 130 Å². The molecule has 0 fully saturated rings. The number of nitrogens with one attached hydrogen (secondary N) is 1. The number of nitrogen functional groups attached to an aromatic ring is 1. The number of unbranched alkanes of at least 4 members (excludes halogenated alkanes) is 16. The van der Waals surface area contributed by atoms with Gasteiger partial charge in [0.2, 0.25) is 10.0 Å². The molecule has 1 aromatic rings. The van der Waals surface area contributed by atoms with Gasteiger partial charge in [0.1, 0.15) is 16.4 Å². The average molecular weight is 527 g/mol. The van der Waals surface area contributed by atoms with Crippen LogP contribution in [0.5, 0.6) is 11.5 Å². The molecule has 210 valence electrons. The minimum atomic E-state index is -3.70. The molecule has 0 aromatic heterocycles. The maximum Gasteiger partial charge on any atom is 0.244 e. The molecule has 0 aliphatic heterocycles. The van der Waals surface area contributed by atoms with E-state index in [0.29, 0.717) is 31.2 Å². The van der Waals surface area contributed by atoms with E-state index in [4.69, 9.17) is 15.2 Å². The Bertz CT molecular complexity index is 784. The summed E-state index contributed by atoms with van der Waals surface area (Å²) >= 11 is 0. The van der Waals surface area contributed by atoms with Crippen molar-refractivity contribution in [3.63, 3.8) is 0 Å². The first-order valence-electron chi connectivity index (χ1n) is 14.6. The standard InChI is InChI=1S/C29H54N2O4S/c1-4-7-8-9-10-11-12-13-14-15-16-17-18-19-20-21-22-23-31-36(32,33)29-25-27(34-5-2)26(30)24-28(29)35-6-3/h24-25,31H,4-23,30H2,1-3H3. The van der Waals surface area contributed by atoms with Crippen molar-refractivity contribution in [2.45, 2.75) is 135 Å². The summed E-state index contributed by atoms with van der Waals surface area (Å²) in [6.45, 7) is 7.10. The molecule has 0 unspecified atom stereocenters. The van der Waals surface area contributed by atoms with Crippen LogP contribution in [0, 0.1) is 0 Å². The van der Waals surface area contributed by atoms with Gasteiger partial charge in [-0.1, -0.05) is 110 Å². The average Bonchev–Trinajstić information content (AvgIpc) is 2.85. The zero-order valence-electron chi connectivity index (χ0n) is 23.4. The van der Waals surface area contributed by atoms with E-state index in [-0.39, 0.29) is 10.6 Å². The number of rotatable bonds is 24. The summed E-state index contributed by atoms with van der Waals surface area (Å²) in [4.78, 5) is 0.0778. The van der Waals surface area contributed by atoms with E-state index < -0.39 is 10.0 Å². The summed E-state index contributed by atoms with van der Waals surface area (Å²) in [6, 6.07) is 2.99. The second-order valence-corrected chi connectivity index (χ2v) is 11.5. The lowest BCUT2D eigenvalue weighted by Gasteiger charge is -2.15. The van der Waals surface area contributed by atoms with Crippen molar-refractivity contribution in [3.8, 4) is 11.5 Å². The van der Waals surface area contributed by atoms with E-state index in [2.05, 4.69) is 11.6 Å². The quantitative estimate of drug-likeness (QED) is 0.105. The molecule has 0 aliphatic carbocycles. The molecular weight excluding hydrogens is 472 g/mol. The van der Waals surface area contributed by atoms with Gasteiger partial charge in [-0.2, -0.15) is 0 Å². The van der Waals surface area contributed by atoms with Crippen molar-refractivity contribution in [3.05, 3.63) is 12.1 Å². The van der Waals surface area contributed by atoms with Crippen LogP contribution < -0.4 is 19.9 Å². The van der Waals surface area contributed by atoms with Crippen LogP contribution in [-0.4, -0.2) is 28.2 Å². The second-order valence-electron chi connectivity index (χ2n) is 9.76. The van der Waals surface area contributed by atoms with Crippen LogP contribution in [0.15, 0.2) is 17.0 Å². The van der Waals surface area contributed by atoms with Gasteiger partial charge in [0.25, 0.3) is 0 Å². The fraction of sp³-hybridized carbons (Fsp3) is 0.793. The summed E-state index contributed by atoms with van der Waals surface area (Å²) in [6.07, 6.45) is 22.2. The molecule has 1 rings (SSSR count). The molecule has 1 aromatic carbocycles. The van der Waals surface area contributed by atoms with E-state index in [0.717, 1.165) is 19.3 Å². The molecule has 0 spiro atoms. The van der Waals surface area contributed by atoms with E-state index in [1.165, 1.54) is 102 Å². The predicted molar refractivity (Wildman–Crippen MR) is 153 cm³/mol. The number of nitrogens with two attached hydrogens (primary N) is 1. The van der Waals surface area contributed by atoms with E-state index >= 15 is 0 Å². The normalized spacial score (nSPS) is 11.6. The lowest BCUT2D eigenvalue weighted by atomic mass is 10.0. The SMILES string of the molecule is CCCCCCCCCCCCCCCCCCCNS(=O)(=O)c1cc(OCC)c(N)cc1OCC. The Morgan fingerprint density at radius 2 is 1.06 bits per heavy atom. The third kappa shape index (κ3) is 14.3. The molecule has 0 aliphatic rings. The van der Waals surface area contributed by atoms with Gasteiger partial charge in [-0.15, -0.1) is 0 Å². The third-order valence-corrected chi connectivity index (χ3v) is 8.02. The Kier molecular flexibility index (Phi) is 18.6. The summed E-state index contributed by atoms with van der Waals surface area (Å²) in [5, 5.41) is 0. The highest BCUT2D eigenvalue weighted by molar-refractivity contribution is 7.89. The number of hydrogen-bond acceptors (Lipinski definition) is 5. The molecule has 0 saturated heterocycles. The first kappa shape index (κ1) is 32.6. The zero-order valence-corrected chi connectivity index (χ0v) is 24.2. The first-order valence-corrected chi connectivity index (χ1v) is 16.1. The lowest BCUT2D eigenvalue weighted by molar-refractivity contribution is 0.323. The molecule has 6 nitrogen and oxygen atoms in total. The number of anilines is 1. The van der Waals surface area contributed by atoms with Gasteiger partial charge in [0.05, 0.1) is 18.9 Å². The van der Waals surface area contributed by atoms with Crippen LogP contribution in [0.3, 0.4) is 0 Å². The van der Waals surface area contributed by atoms with Gasteiger partial charge in [-0.25, -0.2) is 13.1 Å². The van der Waals surface area contributed by atoms with Crippen molar-refractivity contribution >= 4 is 15.7 Å². The van der Waals surface area contributed by atoms with E-state index in [1.54, 1.807) is 0 Å². The largest absolute Gasteiger partial charge is 0.492 e. The van der Waals surface area contributed by atoms with Gasteiger partial charge >= 0.3 is 0 Å². The smallest absolute Gasteiger partial charge is 0.244 e. The molecule has 7 heteroatoms. The molecule has 3 N–H and O–H groups in total. The van der Waals surface area contributed by atoms with E-state index in [1.807, 2.05) is 13.8 Å². The number of benzene rings is 1. The third-order valence-electron chi connectivity index (χ3n) is 6.54. The van der Waals surface area contributed by atoms with Crippen molar-refractivity contribution in [2.75, 3.05) is 25.5 Å². The maximum atomic E-state index is 12.9. The molecule has 0 amide bonds. The van der Waals surface area contributed by atoms with Crippen LogP contribution >= 0.6 is 0 Å². The summed E-state index contributed by atoms with van der Waals surface area (Å²) in [5.41, 5.74) is 6.35. The Balaban J connectivity index is 2.13. The van der Waals surface area contributed by atoms with Gasteiger partial charge in [0.15, 0.2) is 0 Å². The van der Waals surface area contributed by atoms with Crippen LogP contribution in [0.4, 0.5) is 5.69 Å². The molecule has 0 atom stereocenters. The predicted octanol–water partition coefficient (Wildman–Crippen LogP) is 8.00. The van der Waals surface area contributed by atoms with Crippen LogP contribution in [0.2, 0.25) is 0 Å². The molecule has 36 heavy (non-hydrogen) atoms. The van der Waals surface area contributed by atoms with Crippen molar-refractivity contribution in [2.24, 2.45) is 0 Å². The summed E-state index contributed by atoms with van der Waals surface area (Å²) < 4.78 is 39.5. The summed E-state index contributed by atoms with van der Waals surface area (Å²) in [7, 11) is -3.70. The number of hydrogen-bond donors (Lipinski definition) is 2. The van der Waals surface area contributed by atoms with Gasteiger partial charge < -0.3 is 15.2 Å². The Morgan fingerprint density at radius 3 is 1.50 bits per heavy atom. The van der Waals surface area contributed by atoms with Crippen molar-refractivity contribution in [1.29, 1.82) is 0 Å². The minimum Gasteiger partial charge on any atom is -0.492 e. The fourth-order valence-corrected chi connectivity index (χ4v) is 5.66. The topological polar surface area (TPSA) is 90.7 Å². The first-order chi connectivity index (χ1) is 17.5. The van der Waals surface area contributed by atoms with Crippen molar-refractivity contribution < 1.29 is 17.9 Å². The fourth-order valence-electron chi connectivity index (χ4n) is 4.45. The highest BCUT2D eigenvalue weighted by atomic mass is 32.2.